The Morgan fingerprint density at radius 2 is 1.77 bits per heavy atom. The Morgan fingerprint density at radius 3 is 2.36 bits per heavy atom. The van der Waals surface area contributed by atoms with Gasteiger partial charge in [0.25, 0.3) is 0 Å². The van der Waals surface area contributed by atoms with Crippen molar-refractivity contribution in [3.8, 4) is 0 Å². The van der Waals surface area contributed by atoms with E-state index in [0.29, 0.717) is 38.2 Å². The van der Waals surface area contributed by atoms with Crippen molar-refractivity contribution in [2.75, 3.05) is 33.9 Å². The first-order valence-corrected chi connectivity index (χ1v) is 7.89. The van der Waals surface area contributed by atoms with Crippen LogP contribution in [0.3, 0.4) is 0 Å². The molecule has 1 rings (SSSR count). The number of hydrogen-bond donors (Lipinski definition) is 2. The monoisotopic (exact) mass is 427 g/mol. The zero-order valence-corrected chi connectivity index (χ0v) is 16.1. The molecule has 1 fully saturated rings. The maximum absolute atomic E-state index is 11.0. The van der Waals surface area contributed by atoms with Crippen molar-refractivity contribution in [1.82, 2.24) is 10.6 Å². The van der Waals surface area contributed by atoms with E-state index >= 15 is 0 Å². The summed E-state index contributed by atoms with van der Waals surface area (Å²) >= 11 is 0. The van der Waals surface area contributed by atoms with E-state index in [-0.39, 0.29) is 29.9 Å². The minimum Gasteiger partial charge on any atom is -0.469 e. The molecular formula is C15H30IN3O3. The molecule has 1 aliphatic rings. The van der Waals surface area contributed by atoms with Crippen LogP contribution in [-0.2, 0) is 14.3 Å². The fraction of sp³-hybridized carbons (Fsp3) is 0.867. The van der Waals surface area contributed by atoms with Gasteiger partial charge in [0, 0.05) is 20.1 Å². The number of carbonyl (C=O) groups is 1. The predicted molar refractivity (Wildman–Crippen MR) is 98.9 cm³/mol. The van der Waals surface area contributed by atoms with Crippen LogP contribution in [0.25, 0.3) is 0 Å². The standard InChI is InChI=1S/C15H29N3O3.HI/c1-16-15(17-10-9-14(19)20-2)18-11-12-21-13-7-5-3-4-6-8-13;/h13H,3-12H2,1-2H3,(H2,16,17,18);1H. The maximum atomic E-state index is 11.0. The SMILES string of the molecule is CN=C(NCCOC1CCCCCC1)NCCC(=O)OC.I. The van der Waals surface area contributed by atoms with Crippen molar-refractivity contribution in [2.24, 2.45) is 4.99 Å². The van der Waals surface area contributed by atoms with Gasteiger partial charge in [-0.1, -0.05) is 25.7 Å². The first-order valence-electron chi connectivity index (χ1n) is 7.89. The Balaban J connectivity index is 0.00000441. The van der Waals surface area contributed by atoms with Gasteiger partial charge < -0.3 is 20.1 Å². The van der Waals surface area contributed by atoms with Crippen LogP contribution in [0.15, 0.2) is 4.99 Å². The highest BCUT2D eigenvalue weighted by Crippen LogP contribution is 2.19. The number of nitrogens with zero attached hydrogens (tertiary/aromatic N) is 1. The number of guanidine groups is 1. The maximum Gasteiger partial charge on any atom is 0.307 e. The van der Waals surface area contributed by atoms with Crippen LogP contribution in [0.5, 0.6) is 0 Å². The number of halogens is 1. The molecule has 0 heterocycles. The summed E-state index contributed by atoms with van der Waals surface area (Å²) in [6.45, 7) is 1.91. The highest BCUT2D eigenvalue weighted by molar-refractivity contribution is 14.0. The molecule has 0 aliphatic heterocycles. The van der Waals surface area contributed by atoms with Crippen molar-refractivity contribution >= 4 is 35.9 Å². The van der Waals surface area contributed by atoms with Crippen LogP contribution < -0.4 is 10.6 Å². The molecule has 0 radical (unpaired) electrons. The van der Waals surface area contributed by atoms with Crippen molar-refractivity contribution < 1.29 is 14.3 Å². The van der Waals surface area contributed by atoms with Gasteiger partial charge in [-0.05, 0) is 12.8 Å². The van der Waals surface area contributed by atoms with Crippen molar-refractivity contribution in [3.05, 3.63) is 0 Å². The number of rotatable bonds is 7. The van der Waals surface area contributed by atoms with Crippen LogP contribution in [0.4, 0.5) is 0 Å². The molecule has 7 heteroatoms. The van der Waals surface area contributed by atoms with Crippen molar-refractivity contribution in [3.63, 3.8) is 0 Å². The third-order valence-electron chi connectivity index (χ3n) is 3.62. The molecule has 6 nitrogen and oxygen atoms in total. The topological polar surface area (TPSA) is 72.0 Å². The van der Waals surface area contributed by atoms with E-state index in [0.717, 1.165) is 0 Å². The highest BCUT2D eigenvalue weighted by atomic mass is 127. The lowest BCUT2D eigenvalue weighted by molar-refractivity contribution is -0.140. The van der Waals surface area contributed by atoms with Gasteiger partial charge in [-0.3, -0.25) is 9.79 Å². The van der Waals surface area contributed by atoms with Crippen molar-refractivity contribution in [1.29, 1.82) is 0 Å². The first-order chi connectivity index (χ1) is 10.3. The third kappa shape index (κ3) is 10.2. The Morgan fingerprint density at radius 1 is 1.14 bits per heavy atom. The van der Waals surface area contributed by atoms with Gasteiger partial charge in [0.1, 0.15) is 0 Å². The Hall–Kier alpha value is -0.570. The van der Waals surface area contributed by atoms with Gasteiger partial charge >= 0.3 is 5.97 Å². The molecule has 130 valence electrons. The number of ether oxygens (including phenoxy) is 2. The summed E-state index contributed by atoms with van der Waals surface area (Å²) in [5.41, 5.74) is 0. The molecular weight excluding hydrogens is 397 g/mol. The minimum atomic E-state index is -0.227. The van der Waals surface area contributed by atoms with Gasteiger partial charge in [-0.2, -0.15) is 0 Å². The van der Waals surface area contributed by atoms with Gasteiger partial charge in [-0.25, -0.2) is 0 Å². The Bertz CT molecular complexity index is 319. The number of esters is 1. The van der Waals surface area contributed by atoms with E-state index in [2.05, 4.69) is 20.4 Å². The third-order valence-corrected chi connectivity index (χ3v) is 3.62. The molecule has 22 heavy (non-hydrogen) atoms. The van der Waals surface area contributed by atoms with E-state index in [1.807, 2.05) is 0 Å². The van der Waals surface area contributed by atoms with Crippen LogP contribution in [0.1, 0.15) is 44.9 Å². The average molecular weight is 427 g/mol. The second kappa shape index (κ2) is 14.0. The quantitative estimate of drug-likeness (QED) is 0.163. The molecule has 0 amide bonds. The molecule has 0 bridgehead atoms. The molecule has 0 unspecified atom stereocenters. The molecule has 1 aliphatic carbocycles. The van der Waals surface area contributed by atoms with E-state index in [9.17, 15) is 4.79 Å². The fourth-order valence-electron chi connectivity index (χ4n) is 2.41. The first kappa shape index (κ1) is 21.4. The van der Waals surface area contributed by atoms with E-state index < -0.39 is 0 Å². The summed E-state index contributed by atoms with van der Waals surface area (Å²) in [4.78, 5) is 15.1. The van der Waals surface area contributed by atoms with E-state index in [1.54, 1.807) is 7.05 Å². The molecule has 0 spiro atoms. The summed E-state index contributed by atoms with van der Waals surface area (Å²) in [7, 11) is 3.10. The summed E-state index contributed by atoms with van der Waals surface area (Å²) in [6, 6.07) is 0. The lowest BCUT2D eigenvalue weighted by atomic mass is 10.1. The summed E-state index contributed by atoms with van der Waals surface area (Å²) < 4.78 is 10.5. The molecule has 2 N–H and O–H groups in total. The van der Waals surface area contributed by atoms with E-state index in [4.69, 9.17) is 4.74 Å². The lowest BCUT2D eigenvalue weighted by Gasteiger charge is -2.16. The molecule has 0 aromatic rings. The Kier molecular flexibility index (Phi) is 13.7. The number of hydrogen-bond acceptors (Lipinski definition) is 4. The highest BCUT2D eigenvalue weighted by Gasteiger charge is 2.12. The number of carbonyl (C=O) groups excluding carboxylic acids is 1. The largest absolute Gasteiger partial charge is 0.469 e. The van der Waals surface area contributed by atoms with Crippen LogP contribution in [0, 0.1) is 0 Å². The number of nitrogens with one attached hydrogen (secondary N) is 2. The second-order valence-corrected chi connectivity index (χ2v) is 5.24. The number of aliphatic imine (C=N–C) groups is 1. The minimum absolute atomic E-state index is 0. The van der Waals surface area contributed by atoms with E-state index in [1.165, 1.54) is 45.6 Å². The van der Waals surface area contributed by atoms with Crippen LogP contribution in [-0.4, -0.2) is 51.9 Å². The molecule has 0 saturated heterocycles. The number of methoxy groups -OCH3 is 1. The van der Waals surface area contributed by atoms with Gasteiger partial charge in [0.15, 0.2) is 5.96 Å². The molecule has 0 aromatic carbocycles. The zero-order chi connectivity index (χ0) is 15.3. The lowest BCUT2D eigenvalue weighted by Crippen LogP contribution is -2.40. The molecule has 0 atom stereocenters. The fourth-order valence-corrected chi connectivity index (χ4v) is 2.41. The second-order valence-electron chi connectivity index (χ2n) is 5.24. The average Bonchev–Trinajstić information content (AvgIpc) is 2.78. The summed E-state index contributed by atoms with van der Waals surface area (Å²) in [6.07, 6.45) is 8.38. The summed E-state index contributed by atoms with van der Waals surface area (Å²) in [5, 5.41) is 6.24. The molecule has 1 saturated carbocycles. The predicted octanol–water partition coefficient (Wildman–Crippen LogP) is 2.07. The smallest absolute Gasteiger partial charge is 0.307 e. The van der Waals surface area contributed by atoms with Gasteiger partial charge in [-0.15, -0.1) is 24.0 Å². The summed E-state index contributed by atoms with van der Waals surface area (Å²) in [5.74, 6) is 0.456. The van der Waals surface area contributed by atoms with Crippen LogP contribution in [0.2, 0.25) is 0 Å². The normalized spacial score (nSPS) is 16.4. The zero-order valence-electron chi connectivity index (χ0n) is 13.7. The van der Waals surface area contributed by atoms with Crippen LogP contribution >= 0.6 is 24.0 Å². The van der Waals surface area contributed by atoms with Crippen molar-refractivity contribution in [2.45, 2.75) is 51.0 Å². The molecule has 0 aromatic heterocycles. The van der Waals surface area contributed by atoms with Gasteiger partial charge in [0.2, 0.25) is 0 Å². The Labute approximate surface area is 150 Å². The van der Waals surface area contributed by atoms with Gasteiger partial charge in [0.05, 0.1) is 26.2 Å².